The fourth-order valence-corrected chi connectivity index (χ4v) is 2.66. The van der Waals surface area contributed by atoms with E-state index < -0.39 is 0 Å². The SMILES string of the molecule is CCc1c[nH]c(OCCc2ccc(Oc3ccc(Cl)c(C)c3)cc2)nc1=O. The number of nitrogens with zero attached hydrogens (tertiary/aromatic N) is 1. The first-order valence-corrected chi connectivity index (χ1v) is 9.17. The van der Waals surface area contributed by atoms with Crippen molar-refractivity contribution < 1.29 is 9.47 Å². The Balaban J connectivity index is 1.53. The highest BCUT2D eigenvalue weighted by Crippen LogP contribution is 2.26. The van der Waals surface area contributed by atoms with Gasteiger partial charge in [0.1, 0.15) is 11.5 Å². The summed E-state index contributed by atoms with van der Waals surface area (Å²) >= 11 is 6.03. The van der Waals surface area contributed by atoms with Crippen molar-refractivity contribution in [1.29, 1.82) is 0 Å². The molecule has 0 saturated heterocycles. The number of hydrogen-bond donors (Lipinski definition) is 1. The average molecular weight is 385 g/mol. The summed E-state index contributed by atoms with van der Waals surface area (Å²) in [6.07, 6.45) is 2.99. The van der Waals surface area contributed by atoms with Gasteiger partial charge in [-0.1, -0.05) is 30.7 Å². The number of rotatable bonds is 7. The van der Waals surface area contributed by atoms with Gasteiger partial charge in [-0.25, -0.2) is 0 Å². The smallest absolute Gasteiger partial charge is 0.296 e. The van der Waals surface area contributed by atoms with Gasteiger partial charge in [-0.2, -0.15) is 4.98 Å². The van der Waals surface area contributed by atoms with Crippen molar-refractivity contribution in [1.82, 2.24) is 9.97 Å². The van der Waals surface area contributed by atoms with Crippen molar-refractivity contribution in [3.63, 3.8) is 0 Å². The van der Waals surface area contributed by atoms with E-state index >= 15 is 0 Å². The number of aromatic nitrogens is 2. The molecule has 0 atom stereocenters. The van der Waals surface area contributed by atoms with Gasteiger partial charge in [0.2, 0.25) is 0 Å². The minimum Gasteiger partial charge on any atom is -0.464 e. The standard InChI is InChI=1S/C21H21ClN2O3/c1-3-16-13-23-21(24-20(16)25)26-11-10-15-4-6-17(7-5-15)27-18-8-9-19(22)14(2)12-18/h4-9,12-13H,3,10-11H2,1-2H3,(H,23,24,25). The Kier molecular flexibility index (Phi) is 6.14. The van der Waals surface area contributed by atoms with Crippen LogP contribution in [0.1, 0.15) is 23.6 Å². The highest BCUT2D eigenvalue weighted by Gasteiger charge is 2.04. The Morgan fingerprint density at radius 2 is 1.85 bits per heavy atom. The van der Waals surface area contributed by atoms with Gasteiger partial charge >= 0.3 is 0 Å². The van der Waals surface area contributed by atoms with Crippen LogP contribution in [0.3, 0.4) is 0 Å². The molecule has 140 valence electrons. The van der Waals surface area contributed by atoms with E-state index in [1.165, 1.54) is 0 Å². The van der Waals surface area contributed by atoms with E-state index in [1.807, 2.05) is 56.3 Å². The van der Waals surface area contributed by atoms with E-state index in [-0.39, 0.29) is 11.6 Å². The number of halogens is 1. The molecule has 0 aliphatic rings. The van der Waals surface area contributed by atoms with Crippen molar-refractivity contribution >= 4 is 11.6 Å². The van der Waals surface area contributed by atoms with Crippen LogP contribution in [0, 0.1) is 6.92 Å². The maximum atomic E-state index is 11.7. The Bertz CT molecular complexity index is 968. The van der Waals surface area contributed by atoms with Crippen LogP contribution in [0.15, 0.2) is 53.5 Å². The molecule has 27 heavy (non-hydrogen) atoms. The summed E-state index contributed by atoms with van der Waals surface area (Å²) in [5, 5.41) is 0.720. The Labute approximate surface area is 163 Å². The van der Waals surface area contributed by atoms with Gasteiger partial charge in [-0.05, 0) is 54.8 Å². The zero-order valence-electron chi connectivity index (χ0n) is 15.3. The third kappa shape index (κ3) is 5.11. The van der Waals surface area contributed by atoms with Gasteiger partial charge in [0.15, 0.2) is 0 Å². The molecule has 2 aromatic carbocycles. The maximum absolute atomic E-state index is 11.7. The monoisotopic (exact) mass is 384 g/mol. The molecule has 1 heterocycles. The summed E-state index contributed by atoms with van der Waals surface area (Å²) in [6, 6.07) is 13.6. The van der Waals surface area contributed by atoms with Gasteiger partial charge in [-0.15, -0.1) is 0 Å². The third-order valence-corrected chi connectivity index (χ3v) is 4.57. The molecule has 0 saturated carbocycles. The highest BCUT2D eigenvalue weighted by molar-refractivity contribution is 6.31. The van der Waals surface area contributed by atoms with E-state index in [0.29, 0.717) is 25.0 Å². The van der Waals surface area contributed by atoms with Gasteiger partial charge in [-0.3, -0.25) is 4.79 Å². The Morgan fingerprint density at radius 1 is 1.11 bits per heavy atom. The molecule has 0 unspecified atom stereocenters. The van der Waals surface area contributed by atoms with Crippen LogP contribution < -0.4 is 15.0 Å². The number of H-pyrrole nitrogens is 1. The summed E-state index contributed by atoms with van der Waals surface area (Å²) in [4.78, 5) is 18.5. The van der Waals surface area contributed by atoms with Crippen molar-refractivity contribution in [2.45, 2.75) is 26.7 Å². The number of aryl methyl sites for hydroxylation is 2. The molecule has 3 aromatic rings. The highest BCUT2D eigenvalue weighted by atomic mass is 35.5. The predicted molar refractivity (Wildman–Crippen MR) is 106 cm³/mol. The Hall–Kier alpha value is -2.79. The number of ether oxygens (including phenoxy) is 2. The van der Waals surface area contributed by atoms with Crippen LogP contribution in [-0.4, -0.2) is 16.6 Å². The van der Waals surface area contributed by atoms with Crippen LogP contribution in [0.5, 0.6) is 17.5 Å². The third-order valence-electron chi connectivity index (χ3n) is 4.15. The summed E-state index contributed by atoms with van der Waals surface area (Å²) < 4.78 is 11.4. The molecule has 6 heteroatoms. The molecule has 0 spiro atoms. The van der Waals surface area contributed by atoms with Crippen LogP contribution in [0.2, 0.25) is 5.02 Å². The minimum atomic E-state index is -0.245. The van der Waals surface area contributed by atoms with Crippen molar-refractivity contribution in [3.05, 3.63) is 80.7 Å². The molecule has 5 nitrogen and oxygen atoms in total. The molecule has 0 aliphatic heterocycles. The second kappa shape index (κ2) is 8.73. The van der Waals surface area contributed by atoms with E-state index in [9.17, 15) is 4.79 Å². The van der Waals surface area contributed by atoms with Gasteiger partial charge in [0, 0.05) is 23.2 Å². The molecule has 3 rings (SSSR count). The number of benzene rings is 2. The van der Waals surface area contributed by atoms with Crippen molar-refractivity contribution in [2.24, 2.45) is 0 Å². The van der Waals surface area contributed by atoms with Gasteiger partial charge in [0.05, 0.1) is 6.61 Å². The van der Waals surface area contributed by atoms with E-state index in [2.05, 4.69) is 9.97 Å². The molecule has 0 fully saturated rings. The summed E-state index contributed by atoms with van der Waals surface area (Å²) in [6.45, 7) is 4.27. The second-order valence-electron chi connectivity index (χ2n) is 6.15. The molecular weight excluding hydrogens is 364 g/mol. The first-order chi connectivity index (χ1) is 13.0. The summed E-state index contributed by atoms with van der Waals surface area (Å²) in [5.74, 6) is 1.50. The molecule has 0 aliphatic carbocycles. The van der Waals surface area contributed by atoms with E-state index in [4.69, 9.17) is 21.1 Å². The predicted octanol–water partition coefficient (Wildman–Crippen LogP) is 4.71. The molecule has 1 N–H and O–H groups in total. The largest absolute Gasteiger partial charge is 0.464 e. The first-order valence-electron chi connectivity index (χ1n) is 8.79. The van der Waals surface area contributed by atoms with Crippen LogP contribution in [-0.2, 0) is 12.8 Å². The second-order valence-corrected chi connectivity index (χ2v) is 6.55. The Morgan fingerprint density at radius 3 is 2.52 bits per heavy atom. The summed E-state index contributed by atoms with van der Waals surface area (Å²) in [5.41, 5.74) is 2.47. The van der Waals surface area contributed by atoms with Crippen molar-refractivity contribution in [3.8, 4) is 17.5 Å². The van der Waals surface area contributed by atoms with E-state index in [0.717, 1.165) is 27.6 Å². The lowest BCUT2D eigenvalue weighted by Gasteiger charge is -2.09. The van der Waals surface area contributed by atoms with Crippen LogP contribution in [0.4, 0.5) is 0 Å². The quantitative estimate of drug-likeness (QED) is 0.640. The van der Waals surface area contributed by atoms with Gasteiger partial charge < -0.3 is 14.5 Å². The zero-order chi connectivity index (χ0) is 19.2. The maximum Gasteiger partial charge on any atom is 0.296 e. The molecule has 0 radical (unpaired) electrons. The molecule has 1 aromatic heterocycles. The first kappa shape index (κ1) is 19.0. The zero-order valence-corrected chi connectivity index (χ0v) is 16.0. The number of nitrogens with one attached hydrogen (secondary N) is 1. The minimum absolute atomic E-state index is 0.245. The fourth-order valence-electron chi connectivity index (χ4n) is 2.54. The molecule has 0 bridgehead atoms. The van der Waals surface area contributed by atoms with Gasteiger partial charge in [0.25, 0.3) is 11.6 Å². The lowest BCUT2D eigenvalue weighted by atomic mass is 10.1. The molecule has 0 amide bonds. The average Bonchev–Trinajstić information content (AvgIpc) is 2.66. The lowest BCUT2D eigenvalue weighted by molar-refractivity contribution is 0.295. The van der Waals surface area contributed by atoms with Crippen LogP contribution >= 0.6 is 11.6 Å². The van der Waals surface area contributed by atoms with Crippen molar-refractivity contribution in [2.75, 3.05) is 6.61 Å². The normalized spacial score (nSPS) is 10.6. The van der Waals surface area contributed by atoms with E-state index in [1.54, 1.807) is 6.20 Å². The number of aromatic amines is 1. The molecular formula is C21H21ClN2O3. The summed E-state index contributed by atoms with van der Waals surface area (Å²) in [7, 11) is 0. The topological polar surface area (TPSA) is 64.2 Å². The fraction of sp³-hybridized carbons (Fsp3) is 0.238. The lowest BCUT2D eigenvalue weighted by Crippen LogP contribution is -2.15. The van der Waals surface area contributed by atoms with Crippen LogP contribution in [0.25, 0.3) is 0 Å². The number of hydrogen-bond acceptors (Lipinski definition) is 4.